The molecule has 1 aliphatic carbocycles. The molecule has 0 aromatic heterocycles. The van der Waals surface area contributed by atoms with Crippen molar-refractivity contribution in [2.24, 2.45) is 0 Å². The first kappa shape index (κ1) is 12.4. The summed E-state index contributed by atoms with van der Waals surface area (Å²) in [5.74, 6) is 1.68. The van der Waals surface area contributed by atoms with Crippen LogP contribution in [-0.2, 0) is 4.74 Å². The van der Waals surface area contributed by atoms with Crippen molar-refractivity contribution in [1.29, 1.82) is 0 Å². The number of benzene rings is 1. The average Bonchev–Trinajstić information content (AvgIpc) is 2.40. The van der Waals surface area contributed by atoms with Gasteiger partial charge in [0.25, 0.3) is 0 Å². The molecule has 0 amide bonds. The molecule has 0 saturated heterocycles. The molecule has 17 heavy (non-hydrogen) atoms. The molecule has 1 aliphatic rings. The van der Waals surface area contributed by atoms with Crippen molar-refractivity contribution < 1.29 is 9.47 Å². The van der Waals surface area contributed by atoms with Crippen LogP contribution in [0.25, 0.3) is 0 Å². The normalized spacial score (nSPS) is 24.6. The number of hydrogen-bond acceptors (Lipinski definition) is 2. The highest BCUT2D eigenvalue weighted by molar-refractivity contribution is 5.29. The smallest absolute Gasteiger partial charge is 0.119 e. The Morgan fingerprint density at radius 2 is 1.71 bits per heavy atom. The Kier molecular flexibility index (Phi) is 4.43. The quantitative estimate of drug-likeness (QED) is 0.789. The second kappa shape index (κ2) is 6.06. The molecule has 0 N–H and O–H groups in total. The van der Waals surface area contributed by atoms with Gasteiger partial charge in [-0.2, -0.15) is 0 Å². The third-order valence-corrected chi connectivity index (χ3v) is 3.67. The lowest BCUT2D eigenvalue weighted by Crippen LogP contribution is -2.19. The molecule has 2 nitrogen and oxygen atoms in total. The SMILES string of the molecule is CCOc1ccc(C2CCC(OC)CC2)cc1. The Bertz CT molecular complexity index is 323. The third kappa shape index (κ3) is 3.22. The molecule has 0 bridgehead atoms. The van der Waals surface area contributed by atoms with E-state index in [1.54, 1.807) is 0 Å². The molecule has 0 radical (unpaired) electrons. The molecular weight excluding hydrogens is 212 g/mol. The number of rotatable bonds is 4. The van der Waals surface area contributed by atoms with E-state index in [1.807, 2.05) is 14.0 Å². The van der Waals surface area contributed by atoms with Crippen molar-refractivity contribution in [3.05, 3.63) is 29.8 Å². The van der Waals surface area contributed by atoms with E-state index in [9.17, 15) is 0 Å². The van der Waals surface area contributed by atoms with Gasteiger partial charge in [-0.25, -0.2) is 0 Å². The maximum absolute atomic E-state index is 5.46. The van der Waals surface area contributed by atoms with Crippen LogP contribution in [-0.4, -0.2) is 19.8 Å². The van der Waals surface area contributed by atoms with Gasteiger partial charge in [-0.05, 0) is 56.2 Å². The van der Waals surface area contributed by atoms with Crippen LogP contribution in [0.2, 0.25) is 0 Å². The first-order chi connectivity index (χ1) is 8.33. The topological polar surface area (TPSA) is 18.5 Å². The number of ether oxygens (including phenoxy) is 2. The highest BCUT2D eigenvalue weighted by Crippen LogP contribution is 2.34. The molecule has 0 spiro atoms. The molecule has 2 rings (SSSR count). The fourth-order valence-corrected chi connectivity index (χ4v) is 2.63. The number of hydrogen-bond donors (Lipinski definition) is 0. The van der Waals surface area contributed by atoms with E-state index in [2.05, 4.69) is 24.3 Å². The Labute approximate surface area is 104 Å². The van der Waals surface area contributed by atoms with Gasteiger partial charge < -0.3 is 9.47 Å². The zero-order valence-corrected chi connectivity index (χ0v) is 10.8. The Hall–Kier alpha value is -1.02. The van der Waals surface area contributed by atoms with E-state index in [0.29, 0.717) is 12.0 Å². The van der Waals surface area contributed by atoms with Crippen LogP contribution in [0, 0.1) is 0 Å². The van der Waals surface area contributed by atoms with Gasteiger partial charge in [-0.3, -0.25) is 0 Å². The second-order valence-corrected chi connectivity index (χ2v) is 4.71. The monoisotopic (exact) mass is 234 g/mol. The van der Waals surface area contributed by atoms with Crippen molar-refractivity contribution in [2.75, 3.05) is 13.7 Å². The van der Waals surface area contributed by atoms with Gasteiger partial charge in [0.05, 0.1) is 12.7 Å². The zero-order valence-electron chi connectivity index (χ0n) is 10.8. The van der Waals surface area contributed by atoms with E-state index < -0.39 is 0 Å². The lowest BCUT2D eigenvalue weighted by molar-refractivity contribution is 0.0658. The maximum Gasteiger partial charge on any atom is 0.119 e. The largest absolute Gasteiger partial charge is 0.494 e. The standard InChI is InChI=1S/C15H22O2/c1-3-17-15-10-6-13(7-11-15)12-4-8-14(16-2)9-5-12/h6-7,10-12,14H,3-5,8-9H2,1-2H3. The summed E-state index contributed by atoms with van der Waals surface area (Å²) in [5, 5.41) is 0. The summed E-state index contributed by atoms with van der Waals surface area (Å²) >= 11 is 0. The molecule has 1 saturated carbocycles. The zero-order chi connectivity index (χ0) is 12.1. The molecule has 1 fully saturated rings. The fraction of sp³-hybridized carbons (Fsp3) is 0.600. The van der Waals surface area contributed by atoms with E-state index >= 15 is 0 Å². The van der Waals surface area contributed by atoms with Crippen molar-refractivity contribution in [1.82, 2.24) is 0 Å². The van der Waals surface area contributed by atoms with Crippen LogP contribution < -0.4 is 4.74 Å². The molecule has 0 atom stereocenters. The minimum atomic E-state index is 0.481. The van der Waals surface area contributed by atoms with Crippen LogP contribution in [0.5, 0.6) is 5.75 Å². The van der Waals surface area contributed by atoms with Crippen LogP contribution >= 0.6 is 0 Å². The van der Waals surface area contributed by atoms with Crippen molar-refractivity contribution >= 4 is 0 Å². The Balaban J connectivity index is 1.94. The van der Waals surface area contributed by atoms with E-state index in [0.717, 1.165) is 12.4 Å². The maximum atomic E-state index is 5.46. The van der Waals surface area contributed by atoms with Gasteiger partial charge in [-0.15, -0.1) is 0 Å². The van der Waals surface area contributed by atoms with E-state index in [4.69, 9.17) is 9.47 Å². The van der Waals surface area contributed by atoms with Gasteiger partial charge in [0.2, 0.25) is 0 Å². The van der Waals surface area contributed by atoms with Crippen molar-refractivity contribution in [2.45, 2.75) is 44.6 Å². The Morgan fingerprint density at radius 1 is 1.06 bits per heavy atom. The summed E-state index contributed by atoms with van der Waals surface area (Å²) < 4.78 is 10.9. The Morgan fingerprint density at radius 3 is 2.24 bits per heavy atom. The molecule has 0 aliphatic heterocycles. The minimum Gasteiger partial charge on any atom is -0.494 e. The fourth-order valence-electron chi connectivity index (χ4n) is 2.63. The summed E-state index contributed by atoms with van der Waals surface area (Å²) in [7, 11) is 1.82. The number of methoxy groups -OCH3 is 1. The van der Waals surface area contributed by atoms with Crippen LogP contribution in [0.4, 0.5) is 0 Å². The molecule has 1 aromatic carbocycles. The van der Waals surface area contributed by atoms with Crippen LogP contribution in [0.1, 0.15) is 44.1 Å². The molecule has 2 heteroatoms. The lowest BCUT2D eigenvalue weighted by atomic mass is 9.83. The van der Waals surface area contributed by atoms with Gasteiger partial charge in [0.15, 0.2) is 0 Å². The highest BCUT2D eigenvalue weighted by atomic mass is 16.5. The molecule has 0 unspecified atom stereocenters. The highest BCUT2D eigenvalue weighted by Gasteiger charge is 2.21. The summed E-state index contributed by atoms with van der Waals surface area (Å²) in [5.41, 5.74) is 1.45. The summed E-state index contributed by atoms with van der Waals surface area (Å²) in [6, 6.07) is 8.59. The molecular formula is C15H22O2. The van der Waals surface area contributed by atoms with Gasteiger partial charge in [0.1, 0.15) is 5.75 Å². The molecule has 0 heterocycles. The predicted octanol–water partition coefficient (Wildman–Crippen LogP) is 3.76. The average molecular weight is 234 g/mol. The predicted molar refractivity (Wildman–Crippen MR) is 69.6 cm³/mol. The van der Waals surface area contributed by atoms with Gasteiger partial charge in [-0.1, -0.05) is 12.1 Å². The van der Waals surface area contributed by atoms with E-state index in [-0.39, 0.29) is 0 Å². The lowest BCUT2D eigenvalue weighted by Gasteiger charge is -2.27. The van der Waals surface area contributed by atoms with Crippen molar-refractivity contribution in [3.8, 4) is 5.75 Å². The first-order valence-electron chi connectivity index (χ1n) is 6.59. The van der Waals surface area contributed by atoms with E-state index in [1.165, 1.54) is 31.2 Å². The van der Waals surface area contributed by atoms with Gasteiger partial charge in [0, 0.05) is 7.11 Å². The summed E-state index contributed by atoms with van der Waals surface area (Å²) in [6.07, 6.45) is 5.34. The molecule has 94 valence electrons. The van der Waals surface area contributed by atoms with Crippen LogP contribution in [0.15, 0.2) is 24.3 Å². The summed E-state index contributed by atoms with van der Waals surface area (Å²) in [4.78, 5) is 0. The van der Waals surface area contributed by atoms with Crippen LogP contribution in [0.3, 0.4) is 0 Å². The minimum absolute atomic E-state index is 0.481. The third-order valence-electron chi connectivity index (χ3n) is 3.67. The second-order valence-electron chi connectivity index (χ2n) is 4.71. The molecule has 1 aromatic rings. The van der Waals surface area contributed by atoms with Crippen molar-refractivity contribution in [3.63, 3.8) is 0 Å². The van der Waals surface area contributed by atoms with Gasteiger partial charge >= 0.3 is 0 Å². The summed E-state index contributed by atoms with van der Waals surface area (Å²) in [6.45, 7) is 2.75. The first-order valence-corrected chi connectivity index (χ1v) is 6.59.